The van der Waals surface area contributed by atoms with Gasteiger partial charge in [-0.2, -0.15) is 4.98 Å². The first-order valence-corrected chi connectivity index (χ1v) is 13.1. The minimum absolute atomic E-state index is 0.0776. The third kappa shape index (κ3) is 5.75. The molecule has 2 N–H and O–H groups in total. The van der Waals surface area contributed by atoms with Crippen molar-refractivity contribution >= 4 is 62.2 Å². The molecule has 1 fully saturated rings. The summed E-state index contributed by atoms with van der Waals surface area (Å²) in [5.41, 5.74) is 1.48. The zero-order valence-electron chi connectivity index (χ0n) is 18.3. The number of hydrogen-bond acceptors (Lipinski definition) is 8. The third-order valence-corrected chi connectivity index (χ3v) is 7.46. The Labute approximate surface area is 207 Å². The molecule has 12 heteroatoms. The molecular weight excluding hydrogens is 499 g/mol. The van der Waals surface area contributed by atoms with Crippen molar-refractivity contribution in [2.24, 2.45) is 0 Å². The van der Waals surface area contributed by atoms with Crippen LogP contribution in [0.5, 0.6) is 0 Å². The molecule has 0 spiro atoms. The van der Waals surface area contributed by atoms with E-state index in [1.54, 1.807) is 42.6 Å². The van der Waals surface area contributed by atoms with Crippen molar-refractivity contribution in [1.29, 1.82) is 0 Å². The molecule has 1 saturated heterocycles. The first-order chi connectivity index (χ1) is 16.2. The minimum atomic E-state index is -3.01. The van der Waals surface area contributed by atoms with E-state index in [0.29, 0.717) is 42.8 Å². The van der Waals surface area contributed by atoms with Gasteiger partial charge >= 0.3 is 0 Å². The number of benzene rings is 1. The van der Waals surface area contributed by atoms with E-state index in [9.17, 15) is 13.2 Å². The van der Waals surface area contributed by atoms with Gasteiger partial charge in [-0.1, -0.05) is 36.2 Å². The lowest BCUT2D eigenvalue weighted by Gasteiger charge is -2.27. The molecule has 1 amide bonds. The van der Waals surface area contributed by atoms with E-state index < -0.39 is 15.7 Å². The number of carbonyl (C=O) groups is 1. The van der Waals surface area contributed by atoms with Crippen molar-refractivity contribution in [1.82, 2.24) is 15.0 Å². The highest BCUT2D eigenvalue weighted by Gasteiger charge is 2.24. The number of nitrogens with one attached hydrogen (secondary N) is 2. The number of amides is 1. The zero-order chi connectivity index (χ0) is 24.3. The van der Waals surface area contributed by atoms with Crippen molar-refractivity contribution in [2.75, 3.05) is 40.1 Å². The molecule has 3 heterocycles. The number of sulfone groups is 1. The average molecular weight is 521 g/mol. The molecule has 0 radical (unpaired) electrons. The van der Waals surface area contributed by atoms with Crippen LogP contribution in [0.25, 0.3) is 0 Å². The van der Waals surface area contributed by atoms with E-state index in [-0.39, 0.29) is 27.1 Å². The number of carbonyl (C=O) groups excluding carboxylic acids is 1. The summed E-state index contributed by atoms with van der Waals surface area (Å²) < 4.78 is 23.5. The Morgan fingerprint density at radius 1 is 1.06 bits per heavy atom. The van der Waals surface area contributed by atoms with Crippen LogP contribution >= 0.6 is 23.2 Å². The SMILES string of the molecule is CCc1cc(Nc2cc(NC(=O)c3c(Cl)cccc3Cl)ccn2)nc(N2CCS(=O)(=O)CC2)n1. The highest BCUT2D eigenvalue weighted by atomic mass is 35.5. The maximum absolute atomic E-state index is 12.7. The van der Waals surface area contributed by atoms with Crippen molar-refractivity contribution in [3.8, 4) is 0 Å². The van der Waals surface area contributed by atoms with E-state index in [0.717, 1.165) is 5.69 Å². The van der Waals surface area contributed by atoms with Crippen LogP contribution in [0.2, 0.25) is 10.0 Å². The third-order valence-electron chi connectivity index (χ3n) is 5.22. The number of hydrogen-bond donors (Lipinski definition) is 2. The Morgan fingerprint density at radius 3 is 2.44 bits per heavy atom. The quantitative estimate of drug-likeness (QED) is 0.501. The molecule has 0 atom stereocenters. The minimum Gasteiger partial charge on any atom is -0.339 e. The van der Waals surface area contributed by atoms with Gasteiger partial charge in [0.25, 0.3) is 5.91 Å². The molecule has 2 aromatic heterocycles. The Hall–Kier alpha value is -2.95. The van der Waals surface area contributed by atoms with Gasteiger partial charge in [-0.05, 0) is 24.6 Å². The molecule has 1 aliphatic rings. The average Bonchev–Trinajstić information content (AvgIpc) is 2.79. The number of halogens is 2. The molecular formula is C22H22Cl2N6O3S. The topological polar surface area (TPSA) is 117 Å². The Kier molecular flexibility index (Phi) is 7.20. The predicted octanol–water partition coefficient (Wildman–Crippen LogP) is 3.97. The van der Waals surface area contributed by atoms with Crippen molar-refractivity contribution in [3.63, 3.8) is 0 Å². The van der Waals surface area contributed by atoms with Crippen molar-refractivity contribution < 1.29 is 13.2 Å². The second kappa shape index (κ2) is 10.1. The summed E-state index contributed by atoms with van der Waals surface area (Å²) in [5.74, 6) is 1.15. The second-order valence-electron chi connectivity index (χ2n) is 7.64. The number of pyridine rings is 1. The maximum Gasteiger partial charge on any atom is 0.258 e. The van der Waals surface area contributed by atoms with Gasteiger partial charge in [0.05, 0.1) is 27.1 Å². The second-order valence-corrected chi connectivity index (χ2v) is 10.8. The highest BCUT2D eigenvalue weighted by Crippen LogP contribution is 2.26. The lowest BCUT2D eigenvalue weighted by molar-refractivity contribution is 0.102. The van der Waals surface area contributed by atoms with Gasteiger partial charge < -0.3 is 15.5 Å². The van der Waals surface area contributed by atoms with Gasteiger partial charge in [0.1, 0.15) is 11.6 Å². The van der Waals surface area contributed by atoms with Crippen LogP contribution in [-0.4, -0.2) is 53.9 Å². The Balaban J connectivity index is 1.53. The van der Waals surface area contributed by atoms with E-state index in [2.05, 4.69) is 25.6 Å². The molecule has 0 bridgehead atoms. The smallest absolute Gasteiger partial charge is 0.258 e. The normalized spacial score (nSPS) is 15.1. The Morgan fingerprint density at radius 2 is 1.76 bits per heavy atom. The number of nitrogens with zero attached hydrogens (tertiary/aromatic N) is 4. The van der Waals surface area contributed by atoms with Crippen molar-refractivity contribution in [2.45, 2.75) is 13.3 Å². The molecule has 0 aliphatic carbocycles. The largest absolute Gasteiger partial charge is 0.339 e. The summed E-state index contributed by atoms with van der Waals surface area (Å²) >= 11 is 12.3. The van der Waals surface area contributed by atoms with E-state index in [1.165, 1.54) is 0 Å². The van der Waals surface area contributed by atoms with Gasteiger partial charge in [-0.15, -0.1) is 0 Å². The molecule has 3 aromatic rings. The van der Waals surface area contributed by atoms with Crippen LogP contribution < -0.4 is 15.5 Å². The fourth-order valence-corrected chi connectivity index (χ4v) is 5.17. The van der Waals surface area contributed by atoms with Crippen LogP contribution in [0.3, 0.4) is 0 Å². The summed E-state index contributed by atoms with van der Waals surface area (Å²) in [6.45, 7) is 2.67. The van der Waals surface area contributed by atoms with Gasteiger partial charge in [0.15, 0.2) is 9.84 Å². The van der Waals surface area contributed by atoms with Gasteiger partial charge in [-0.25, -0.2) is 18.4 Å². The van der Waals surface area contributed by atoms with Crippen LogP contribution in [0.4, 0.5) is 23.3 Å². The Bertz CT molecular complexity index is 1300. The summed E-state index contributed by atoms with van der Waals surface area (Å²) in [5, 5.41) is 6.42. The molecule has 1 aliphatic heterocycles. The maximum atomic E-state index is 12.7. The van der Waals surface area contributed by atoms with Gasteiger partial charge in [-0.3, -0.25) is 4.79 Å². The fourth-order valence-electron chi connectivity index (χ4n) is 3.40. The number of rotatable bonds is 6. The van der Waals surface area contributed by atoms with E-state index in [1.807, 2.05) is 11.8 Å². The summed E-state index contributed by atoms with van der Waals surface area (Å²) in [4.78, 5) is 28.0. The monoisotopic (exact) mass is 520 g/mol. The van der Waals surface area contributed by atoms with Crippen LogP contribution in [0, 0.1) is 0 Å². The van der Waals surface area contributed by atoms with Crippen molar-refractivity contribution in [3.05, 3.63) is 63.9 Å². The molecule has 0 unspecified atom stereocenters. The van der Waals surface area contributed by atoms with Crippen LogP contribution in [-0.2, 0) is 16.3 Å². The first kappa shape index (κ1) is 24.2. The molecule has 1 aromatic carbocycles. The fraction of sp³-hybridized carbons (Fsp3) is 0.273. The molecule has 9 nitrogen and oxygen atoms in total. The van der Waals surface area contributed by atoms with Crippen LogP contribution in [0.1, 0.15) is 23.0 Å². The molecule has 178 valence electrons. The molecule has 34 heavy (non-hydrogen) atoms. The number of aryl methyl sites for hydroxylation is 1. The molecule has 4 rings (SSSR count). The van der Waals surface area contributed by atoms with Crippen LogP contribution in [0.15, 0.2) is 42.6 Å². The lowest BCUT2D eigenvalue weighted by Crippen LogP contribution is -2.41. The number of aromatic nitrogens is 3. The van der Waals surface area contributed by atoms with Gasteiger partial charge in [0, 0.05) is 42.8 Å². The number of anilines is 4. The summed E-state index contributed by atoms with van der Waals surface area (Å²) in [6, 6.07) is 9.96. The first-order valence-electron chi connectivity index (χ1n) is 10.6. The summed E-state index contributed by atoms with van der Waals surface area (Å²) in [6.07, 6.45) is 2.23. The predicted molar refractivity (Wildman–Crippen MR) is 134 cm³/mol. The molecule has 0 saturated carbocycles. The standard InChI is InChI=1S/C22H22Cl2N6O3S/c1-2-14-12-19(29-22(27-14)30-8-10-34(32,33)11-9-30)28-18-13-15(6-7-25-18)26-21(31)20-16(23)4-3-5-17(20)24/h3-7,12-13H,2,8-11H2,1H3,(H2,25,26,27,28,29,31). The van der Waals surface area contributed by atoms with E-state index in [4.69, 9.17) is 23.2 Å². The zero-order valence-corrected chi connectivity index (χ0v) is 20.6. The van der Waals surface area contributed by atoms with Gasteiger partial charge in [0.2, 0.25) is 5.95 Å². The lowest BCUT2D eigenvalue weighted by atomic mass is 10.2. The summed E-state index contributed by atoms with van der Waals surface area (Å²) in [7, 11) is -3.01. The highest BCUT2D eigenvalue weighted by molar-refractivity contribution is 7.91. The van der Waals surface area contributed by atoms with E-state index >= 15 is 0 Å².